The predicted octanol–water partition coefficient (Wildman–Crippen LogP) is 1.52. The van der Waals surface area contributed by atoms with Crippen LogP contribution in [0.5, 0.6) is 0 Å². The highest BCUT2D eigenvalue weighted by atomic mass is 16.2. The number of amides is 2. The Labute approximate surface area is 166 Å². The van der Waals surface area contributed by atoms with Crippen molar-refractivity contribution < 1.29 is 9.59 Å². The molecule has 0 aliphatic carbocycles. The van der Waals surface area contributed by atoms with E-state index in [0.717, 1.165) is 52.1 Å². The number of benzene rings is 1. The zero-order chi connectivity index (χ0) is 19.8. The standard InChI is InChI=1S/C21H29N5O2/c22-16-18-6-2-3-7-19(18)23-20(27)8-11-24-12-14-25(15-13-24)17-21(28)26-9-4-1-5-10-26/h2-3,6-7H,1,4-5,8-15,17H2,(H,23,27). The van der Waals surface area contributed by atoms with Crippen LogP contribution in [-0.2, 0) is 9.59 Å². The molecule has 0 bridgehead atoms. The fraction of sp³-hybridized carbons (Fsp3) is 0.571. The molecule has 1 aromatic rings. The molecule has 28 heavy (non-hydrogen) atoms. The summed E-state index contributed by atoms with van der Waals surface area (Å²) in [6.07, 6.45) is 3.88. The van der Waals surface area contributed by atoms with Crippen molar-refractivity contribution in [2.75, 3.05) is 57.7 Å². The van der Waals surface area contributed by atoms with E-state index in [1.165, 1.54) is 6.42 Å². The van der Waals surface area contributed by atoms with Crippen LogP contribution in [0.2, 0.25) is 0 Å². The smallest absolute Gasteiger partial charge is 0.236 e. The SMILES string of the molecule is N#Cc1ccccc1NC(=O)CCN1CCN(CC(=O)N2CCCCC2)CC1. The molecule has 7 nitrogen and oxygen atoms in total. The molecule has 0 radical (unpaired) electrons. The molecule has 150 valence electrons. The maximum Gasteiger partial charge on any atom is 0.236 e. The maximum atomic E-state index is 12.4. The summed E-state index contributed by atoms with van der Waals surface area (Å²) in [7, 11) is 0. The van der Waals surface area contributed by atoms with Crippen LogP contribution in [0, 0.1) is 11.3 Å². The summed E-state index contributed by atoms with van der Waals surface area (Å²) in [5.41, 5.74) is 1.04. The molecule has 0 aromatic heterocycles. The summed E-state index contributed by atoms with van der Waals surface area (Å²) in [4.78, 5) is 31.1. The number of hydrogen-bond donors (Lipinski definition) is 1. The van der Waals surface area contributed by atoms with Crippen molar-refractivity contribution in [3.8, 4) is 6.07 Å². The third-order valence-electron chi connectivity index (χ3n) is 5.51. The molecule has 3 rings (SSSR count). The van der Waals surface area contributed by atoms with Crippen LogP contribution in [0.1, 0.15) is 31.2 Å². The van der Waals surface area contributed by atoms with E-state index in [9.17, 15) is 9.59 Å². The van der Waals surface area contributed by atoms with Crippen LogP contribution in [0.15, 0.2) is 24.3 Å². The lowest BCUT2D eigenvalue weighted by molar-refractivity contribution is -0.133. The van der Waals surface area contributed by atoms with Gasteiger partial charge in [0.2, 0.25) is 11.8 Å². The Kier molecular flexibility index (Phi) is 7.40. The predicted molar refractivity (Wildman–Crippen MR) is 108 cm³/mol. The van der Waals surface area contributed by atoms with Crippen molar-refractivity contribution in [1.82, 2.24) is 14.7 Å². The molecule has 2 heterocycles. The van der Waals surface area contributed by atoms with Gasteiger partial charge in [-0.1, -0.05) is 12.1 Å². The van der Waals surface area contributed by atoms with Gasteiger partial charge in [0.25, 0.3) is 0 Å². The molecule has 7 heteroatoms. The van der Waals surface area contributed by atoms with Gasteiger partial charge in [0.15, 0.2) is 0 Å². The molecule has 2 amide bonds. The number of nitriles is 1. The minimum atomic E-state index is -0.0783. The first-order chi connectivity index (χ1) is 13.7. The van der Waals surface area contributed by atoms with Gasteiger partial charge in [0.05, 0.1) is 17.8 Å². The second kappa shape index (κ2) is 10.2. The van der Waals surface area contributed by atoms with Gasteiger partial charge in [-0.05, 0) is 31.4 Å². The zero-order valence-corrected chi connectivity index (χ0v) is 16.4. The van der Waals surface area contributed by atoms with E-state index >= 15 is 0 Å². The minimum absolute atomic E-state index is 0.0783. The first-order valence-corrected chi connectivity index (χ1v) is 10.2. The van der Waals surface area contributed by atoms with Gasteiger partial charge in [0, 0.05) is 52.2 Å². The lowest BCUT2D eigenvalue weighted by Gasteiger charge is -2.36. The molecule has 1 aromatic carbocycles. The summed E-state index contributed by atoms with van der Waals surface area (Å²) in [6, 6.07) is 9.12. The van der Waals surface area contributed by atoms with Crippen molar-refractivity contribution in [2.45, 2.75) is 25.7 Å². The average Bonchev–Trinajstić information content (AvgIpc) is 2.74. The lowest BCUT2D eigenvalue weighted by atomic mass is 10.1. The number of piperazine rings is 1. The number of nitrogens with one attached hydrogen (secondary N) is 1. The van der Waals surface area contributed by atoms with Crippen LogP contribution < -0.4 is 5.32 Å². The molecular weight excluding hydrogens is 354 g/mol. The highest BCUT2D eigenvalue weighted by Gasteiger charge is 2.23. The van der Waals surface area contributed by atoms with Crippen molar-refractivity contribution in [2.24, 2.45) is 0 Å². The molecule has 0 atom stereocenters. The maximum absolute atomic E-state index is 12.4. The van der Waals surface area contributed by atoms with E-state index in [1.54, 1.807) is 24.3 Å². The first-order valence-electron chi connectivity index (χ1n) is 10.2. The van der Waals surface area contributed by atoms with Gasteiger partial charge in [-0.3, -0.25) is 14.5 Å². The Hall–Kier alpha value is -2.43. The van der Waals surface area contributed by atoms with Crippen LogP contribution in [0.3, 0.4) is 0 Å². The van der Waals surface area contributed by atoms with Gasteiger partial charge in [-0.25, -0.2) is 0 Å². The monoisotopic (exact) mass is 383 g/mol. The third kappa shape index (κ3) is 5.78. The van der Waals surface area contributed by atoms with Crippen molar-refractivity contribution >= 4 is 17.5 Å². The van der Waals surface area contributed by atoms with E-state index in [2.05, 4.69) is 21.2 Å². The molecule has 2 aliphatic rings. The number of carbonyl (C=O) groups excluding carboxylic acids is 2. The molecule has 0 saturated carbocycles. The van der Waals surface area contributed by atoms with E-state index in [0.29, 0.717) is 30.8 Å². The number of carbonyl (C=O) groups is 2. The Balaban J connectivity index is 1.35. The Morgan fingerprint density at radius 2 is 1.64 bits per heavy atom. The Morgan fingerprint density at radius 1 is 0.964 bits per heavy atom. The third-order valence-corrected chi connectivity index (χ3v) is 5.51. The number of piperidine rings is 1. The van der Waals surface area contributed by atoms with E-state index in [4.69, 9.17) is 5.26 Å². The molecule has 2 saturated heterocycles. The molecule has 0 unspecified atom stereocenters. The van der Waals surface area contributed by atoms with Gasteiger partial charge in [-0.15, -0.1) is 0 Å². The van der Waals surface area contributed by atoms with Gasteiger partial charge >= 0.3 is 0 Å². The van der Waals surface area contributed by atoms with Crippen LogP contribution in [-0.4, -0.2) is 78.9 Å². The number of para-hydroxylation sites is 1. The summed E-state index contributed by atoms with van der Waals surface area (Å²) in [5, 5.41) is 11.9. The summed E-state index contributed by atoms with van der Waals surface area (Å²) >= 11 is 0. The van der Waals surface area contributed by atoms with E-state index < -0.39 is 0 Å². The fourth-order valence-corrected chi connectivity index (χ4v) is 3.77. The van der Waals surface area contributed by atoms with Crippen LogP contribution in [0.25, 0.3) is 0 Å². The van der Waals surface area contributed by atoms with Gasteiger partial charge < -0.3 is 15.1 Å². The van der Waals surface area contributed by atoms with Gasteiger partial charge in [0.1, 0.15) is 6.07 Å². The second-order valence-electron chi connectivity index (χ2n) is 7.51. The Bertz CT molecular complexity index is 716. The van der Waals surface area contributed by atoms with Crippen molar-refractivity contribution in [1.29, 1.82) is 5.26 Å². The normalized spacial score (nSPS) is 18.5. The molecule has 2 fully saturated rings. The quantitative estimate of drug-likeness (QED) is 0.806. The highest BCUT2D eigenvalue weighted by Crippen LogP contribution is 2.14. The fourth-order valence-electron chi connectivity index (χ4n) is 3.77. The number of rotatable bonds is 6. The topological polar surface area (TPSA) is 79.7 Å². The summed E-state index contributed by atoms with van der Waals surface area (Å²) in [6.45, 7) is 6.47. The first kappa shape index (κ1) is 20.3. The number of likely N-dealkylation sites (tertiary alicyclic amines) is 1. The highest BCUT2D eigenvalue weighted by molar-refractivity contribution is 5.92. The molecular formula is C21H29N5O2. The van der Waals surface area contributed by atoms with E-state index in [-0.39, 0.29) is 11.8 Å². The summed E-state index contributed by atoms with van der Waals surface area (Å²) in [5.74, 6) is 0.175. The van der Waals surface area contributed by atoms with Crippen molar-refractivity contribution in [3.63, 3.8) is 0 Å². The lowest BCUT2D eigenvalue weighted by Crippen LogP contribution is -2.51. The molecule has 0 spiro atoms. The molecule has 2 aliphatic heterocycles. The Morgan fingerprint density at radius 3 is 2.36 bits per heavy atom. The van der Waals surface area contributed by atoms with Crippen molar-refractivity contribution in [3.05, 3.63) is 29.8 Å². The molecule has 1 N–H and O–H groups in total. The minimum Gasteiger partial charge on any atom is -0.342 e. The second-order valence-corrected chi connectivity index (χ2v) is 7.51. The number of anilines is 1. The zero-order valence-electron chi connectivity index (χ0n) is 16.4. The number of nitrogens with zero attached hydrogens (tertiary/aromatic N) is 4. The van der Waals surface area contributed by atoms with E-state index in [1.807, 2.05) is 4.90 Å². The largest absolute Gasteiger partial charge is 0.342 e. The van der Waals surface area contributed by atoms with Crippen LogP contribution in [0.4, 0.5) is 5.69 Å². The average molecular weight is 383 g/mol. The number of hydrogen-bond acceptors (Lipinski definition) is 5. The van der Waals surface area contributed by atoms with Crippen LogP contribution >= 0.6 is 0 Å². The summed E-state index contributed by atoms with van der Waals surface area (Å²) < 4.78 is 0. The van der Waals surface area contributed by atoms with Gasteiger partial charge in [-0.2, -0.15) is 5.26 Å².